The van der Waals surface area contributed by atoms with Gasteiger partial charge in [0.1, 0.15) is 0 Å². The molecule has 0 spiro atoms. The smallest absolute Gasteiger partial charge is 0.254 e. The molecule has 0 saturated carbocycles. The number of aromatic amines is 1. The molecule has 2 N–H and O–H groups in total. The molecule has 1 amide bonds. The number of alkyl halides is 1. The van der Waals surface area contributed by atoms with Crippen molar-refractivity contribution in [2.75, 3.05) is 11.9 Å². The highest BCUT2D eigenvalue weighted by Gasteiger charge is 2.07. The fraction of sp³-hybridized carbons (Fsp3) is 0.500. The summed E-state index contributed by atoms with van der Waals surface area (Å²) in [6.07, 6.45) is 3.09. The molecule has 0 bridgehead atoms. The summed E-state index contributed by atoms with van der Waals surface area (Å²) in [5.41, 5.74) is 0.571. The van der Waals surface area contributed by atoms with Gasteiger partial charge >= 0.3 is 0 Å². The molecule has 1 heterocycles. The maximum atomic E-state index is 11.3. The van der Waals surface area contributed by atoms with E-state index in [9.17, 15) is 4.79 Å². The molecule has 0 aliphatic carbocycles. The van der Waals surface area contributed by atoms with Gasteiger partial charge in [-0.05, 0) is 5.92 Å². The van der Waals surface area contributed by atoms with Crippen LogP contribution in [0, 0.1) is 5.92 Å². The molecule has 4 nitrogen and oxygen atoms in total. The van der Waals surface area contributed by atoms with Gasteiger partial charge in [-0.2, -0.15) is 5.10 Å². The predicted octanol–water partition coefficient (Wildman–Crippen LogP) is 1.17. The van der Waals surface area contributed by atoms with Crippen molar-refractivity contribution in [1.29, 1.82) is 0 Å². The average Bonchev–Trinajstić information content (AvgIpc) is 2.66. The Kier molecular flexibility index (Phi) is 3.95. The lowest BCUT2D eigenvalue weighted by Crippen LogP contribution is -2.28. The van der Waals surface area contributed by atoms with Crippen molar-refractivity contribution < 1.29 is 4.79 Å². The van der Waals surface area contributed by atoms with E-state index in [1.54, 1.807) is 6.20 Å². The first kappa shape index (κ1) is 10.2. The van der Waals surface area contributed by atoms with Crippen LogP contribution in [0.2, 0.25) is 0 Å². The fourth-order valence-electron chi connectivity index (χ4n) is 0.799. The number of amides is 1. The van der Waals surface area contributed by atoms with Crippen LogP contribution in [0.1, 0.15) is 17.3 Å². The molecule has 0 aliphatic rings. The lowest BCUT2D eigenvalue weighted by atomic mass is 10.2. The molecule has 0 fully saturated rings. The van der Waals surface area contributed by atoms with Crippen molar-refractivity contribution in [3.63, 3.8) is 0 Å². The summed E-state index contributed by atoms with van der Waals surface area (Å²) >= 11 is 3.34. The Morgan fingerprint density at radius 1 is 1.85 bits per heavy atom. The average molecular weight is 246 g/mol. The number of rotatable bonds is 4. The molecule has 1 aromatic heterocycles. The third-order valence-corrected chi connectivity index (χ3v) is 2.74. The van der Waals surface area contributed by atoms with Gasteiger partial charge in [0.2, 0.25) is 0 Å². The zero-order valence-corrected chi connectivity index (χ0v) is 8.97. The van der Waals surface area contributed by atoms with Crippen molar-refractivity contribution in [3.8, 4) is 0 Å². The third kappa shape index (κ3) is 3.18. The van der Waals surface area contributed by atoms with Crippen LogP contribution in [0.5, 0.6) is 0 Å². The van der Waals surface area contributed by atoms with Gasteiger partial charge in [0.05, 0.1) is 11.8 Å². The monoisotopic (exact) mass is 245 g/mol. The summed E-state index contributed by atoms with van der Waals surface area (Å²) in [6.45, 7) is 2.74. The number of H-pyrrole nitrogens is 1. The van der Waals surface area contributed by atoms with E-state index in [1.165, 1.54) is 6.20 Å². The van der Waals surface area contributed by atoms with E-state index < -0.39 is 0 Å². The SMILES string of the molecule is CC(CBr)CNC(=O)c1cn[nH]c1. The molecule has 1 unspecified atom stereocenters. The van der Waals surface area contributed by atoms with Crippen LogP contribution in [0.4, 0.5) is 0 Å². The first-order valence-electron chi connectivity index (χ1n) is 4.07. The highest BCUT2D eigenvalue weighted by Crippen LogP contribution is 1.99. The van der Waals surface area contributed by atoms with Crippen molar-refractivity contribution in [2.24, 2.45) is 5.92 Å². The number of halogens is 1. The summed E-state index contributed by atoms with van der Waals surface area (Å²) in [4.78, 5) is 11.3. The number of carbonyl (C=O) groups is 1. The molecule has 13 heavy (non-hydrogen) atoms. The number of aromatic nitrogens is 2. The van der Waals surface area contributed by atoms with Crippen LogP contribution >= 0.6 is 15.9 Å². The highest BCUT2D eigenvalue weighted by molar-refractivity contribution is 9.09. The molecule has 5 heteroatoms. The van der Waals surface area contributed by atoms with Crippen LogP contribution in [0.25, 0.3) is 0 Å². The molecule has 1 aromatic rings. The van der Waals surface area contributed by atoms with E-state index in [0.29, 0.717) is 18.0 Å². The summed E-state index contributed by atoms with van der Waals surface area (Å²) in [5.74, 6) is 0.359. The lowest BCUT2D eigenvalue weighted by molar-refractivity contribution is 0.0949. The fourth-order valence-corrected chi connectivity index (χ4v) is 1.03. The van der Waals surface area contributed by atoms with Crippen LogP contribution < -0.4 is 5.32 Å². The Morgan fingerprint density at radius 2 is 2.62 bits per heavy atom. The maximum absolute atomic E-state index is 11.3. The van der Waals surface area contributed by atoms with Crippen molar-refractivity contribution in [1.82, 2.24) is 15.5 Å². The summed E-state index contributed by atoms with van der Waals surface area (Å²) in [7, 11) is 0. The Bertz CT molecular complexity index is 260. The van der Waals surface area contributed by atoms with E-state index in [0.717, 1.165) is 5.33 Å². The summed E-state index contributed by atoms with van der Waals surface area (Å²) in [5, 5.41) is 9.98. The molecule has 1 atom stereocenters. The van der Waals surface area contributed by atoms with E-state index in [-0.39, 0.29) is 5.91 Å². The zero-order chi connectivity index (χ0) is 9.68. The third-order valence-electron chi connectivity index (χ3n) is 1.63. The summed E-state index contributed by atoms with van der Waals surface area (Å²) in [6, 6.07) is 0. The molecular weight excluding hydrogens is 234 g/mol. The van der Waals surface area contributed by atoms with E-state index in [4.69, 9.17) is 0 Å². The van der Waals surface area contributed by atoms with Gasteiger partial charge in [-0.15, -0.1) is 0 Å². The van der Waals surface area contributed by atoms with Crippen LogP contribution in [0.3, 0.4) is 0 Å². The first-order chi connectivity index (χ1) is 6.24. The molecule has 0 aromatic carbocycles. The minimum Gasteiger partial charge on any atom is -0.352 e. The second-order valence-corrected chi connectivity index (χ2v) is 3.60. The van der Waals surface area contributed by atoms with E-state index >= 15 is 0 Å². The quantitative estimate of drug-likeness (QED) is 0.783. The summed E-state index contributed by atoms with van der Waals surface area (Å²) < 4.78 is 0. The van der Waals surface area contributed by atoms with Crippen molar-refractivity contribution in [2.45, 2.75) is 6.92 Å². The van der Waals surface area contributed by atoms with Gasteiger partial charge in [0.15, 0.2) is 0 Å². The number of carbonyl (C=O) groups excluding carboxylic acids is 1. The zero-order valence-electron chi connectivity index (χ0n) is 7.38. The Hall–Kier alpha value is -0.840. The molecule has 0 radical (unpaired) electrons. The van der Waals surface area contributed by atoms with Crippen molar-refractivity contribution in [3.05, 3.63) is 18.0 Å². The Morgan fingerprint density at radius 3 is 3.15 bits per heavy atom. The minimum absolute atomic E-state index is 0.0819. The minimum atomic E-state index is -0.0819. The molecular formula is C8H12BrN3O. The molecule has 1 rings (SSSR count). The second kappa shape index (κ2) is 5.01. The normalized spacial score (nSPS) is 12.5. The van der Waals surface area contributed by atoms with Gasteiger partial charge in [0, 0.05) is 18.1 Å². The largest absolute Gasteiger partial charge is 0.352 e. The van der Waals surface area contributed by atoms with Crippen molar-refractivity contribution >= 4 is 21.8 Å². The van der Waals surface area contributed by atoms with Gasteiger partial charge in [-0.25, -0.2) is 0 Å². The molecule has 0 aliphatic heterocycles. The van der Waals surface area contributed by atoms with E-state index in [1.807, 2.05) is 0 Å². The molecule has 0 saturated heterocycles. The maximum Gasteiger partial charge on any atom is 0.254 e. The second-order valence-electron chi connectivity index (χ2n) is 2.96. The van der Waals surface area contributed by atoms with Gasteiger partial charge in [0.25, 0.3) is 5.91 Å². The standard InChI is InChI=1S/C8H12BrN3O/c1-6(2-9)3-10-8(13)7-4-11-12-5-7/h4-6H,2-3H2,1H3,(H,10,13)(H,11,12). The first-order valence-corrected chi connectivity index (χ1v) is 5.19. The molecule has 72 valence electrons. The predicted molar refractivity (Wildman–Crippen MR) is 53.9 cm³/mol. The lowest BCUT2D eigenvalue weighted by Gasteiger charge is -2.07. The number of hydrogen-bond donors (Lipinski definition) is 2. The number of nitrogens with zero attached hydrogens (tertiary/aromatic N) is 1. The van der Waals surface area contributed by atoms with E-state index in [2.05, 4.69) is 38.4 Å². The Labute approximate surface area is 85.2 Å². The highest BCUT2D eigenvalue weighted by atomic mass is 79.9. The Balaban J connectivity index is 2.35. The van der Waals surface area contributed by atoms with Crippen LogP contribution in [-0.2, 0) is 0 Å². The van der Waals surface area contributed by atoms with Gasteiger partial charge in [-0.3, -0.25) is 9.89 Å². The number of hydrogen-bond acceptors (Lipinski definition) is 2. The van der Waals surface area contributed by atoms with Gasteiger partial charge < -0.3 is 5.32 Å². The van der Waals surface area contributed by atoms with Crippen LogP contribution in [0.15, 0.2) is 12.4 Å². The topological polar surface area (TPSA) is 57.8 Å². The number of nitrogens with one attached hydrogen (secondary N) is 2. The van der Waals surface area contributed by atoms with Crippen LogP contribution in [-0.4, -0.2) is 28.0 Å². The van der Waals surface area contributed by atoms with Gasteiger partial charge in [-0.1, -0.05) is 22.9 Å².